The molecule has 0 saturated carbocycles. The van der Waals surface area contributed by atoms with E-state index in [0.717, 1.165) is 5.01 Å². The van der Waals surface area contributed by atoms with Crippen LogP contribution < -0.4 is 0 Å². The first-order chi connectivity index (χ1) is 6.42. The highest BCUT2D eigenvalue weighted by atomic mass is 32.1. The average molecular weight is 233 g/mol. The molecule has 0 fully saturated rings. The van der Waals surface area contributed by atoms with Gasteiger partial charge in [-0.05, 0) is 13.3 Å². The fourth-order valence-corrected chi connectivity index (χ4v) is 3.46. The lowest BCUT2D eigenvalue weighted by molar-refractivity contribution is 0.0606. The number of thiazole rings is 1. The molecular formula is C8H12NO3PS. The number of ether oxygens (including phenoxy) is 1. The minimum absolute atomic E-state index is 0.393. The van der Waals surface area contributed by atoms with E-state index in [4.69, 9.17) is 0 Å². The number of rotatable bonds is 3. The number of hydrogen-bond donors (Lipinski definition) is 0. The van der Waals surface area contributed by atoms with Crippen LogP contribution in [0.3, 0.4) is 0 Å². The zero-order chi connectivity index (χ0) is 10.8. The second kappa shape index (κ2) is 4.24. The first-order valence-corrected chi connectivity index (χ1v) is 7.59. The zero-order valence-corrected chi connectivity index (χ0v) is 10.0. The summed E-state index contributed by atoms with van der Waals surface area (Å²) in [7, 11) is -0.792. The smallest absolute Gasteiger partial charge is 0.349 e. The van der Waals surface area contributed by atoms with Crippen LogP contribution in [0.5, 0.6) is 0 Å². The van der Waals surface area contributed by atoms with Crippen LogP contribution in [0.25, 0.3) is 0 Å². The first kappa shape index (κ1) is 11.4. The lowest BCUT2D eigenvalue weighted by Crippen LogP contribution is -1.96. The molecule has 0 bridgehead atoms. The molecule has 1 rings (SSSR count). The molecule has 78 valence electrons. The second-order valence-corrected chi connectivity index (χ2v) is 7.92. The van der Waals surface area contributed by atoms with Gasteiger partial charge >= 0.3 is 5.97 Å². The molecule has 0 aliphatic heterocycles. The van der Waals surface area contributed by atoms with Gasteiger partial charge in [0, 0.05) is 0 Å². The SMILES string of the molecule is COC(=O)c1cnc(CP(C)(C)=O)s1. The van der Waals surface area contributed by atoms with Crippen molar-refractivity contribution in [2.45, 2.75) is 6.16 Å². The molecule has 1 aromatic rings. The van der Waals surface area contributed by atoms with Gasteiger partial charge in [0.25, 0.3) is 0 Å². The van der Waals surface area contributed by atoms with Gasteiger partial charge in [0.05, 0.1) is 26.6 Å². The number of esters is 1. The standard InChI is InChI=1S/C8H12NO3PS/c1-12-8(10)6-4-9-7(14-6)5-13(2,3)11/h4H,5H2,1-3H3. The third-order valence-corrected chi connectivity index (χ3v) is 3.71. The second-order valence-electron chi connectivity index (χ2n) is 3.34. The van der Waals surface area contributed by atoms with Gasteiger partial charge in [-0.1, -0.05) is 0 Å². The van der Waals surface area contributed by atoms with Gasteiger partial charge in [-0.15, -0.1) is 11.3 Å². The van der Waals surface area contributed by atoms with E-state index in [9.17, 15) is 9.36 Å². The van der Waals surface area contributed by atoms with Gasteiger partial charge in [0.2, 0.25) is 0 Å². The molecule has 0 spiro atoms. The van der Waals surface area contributed by atoms with Gasteiger partial charge in [-0.3, -0.25) is 0 Å². The minimum atomic E-state index is -2.12. The quantitative estimate of drug-likeness (QED) is 0.592. The normalized spacial score (nSPS) is 11.4. The van der Waals surface area contributed by atoms with Crippen molar-refractivity contribution < 1.29 is 14.1 Å². The fourth-order valence-electron chi connectivity index (χ4n) is 0.904. The molecule has 0 radical (unpaired) electrons. The Balaban J connectivity index is 2.79. The van der Waals surface area contributed by atoms with E-state index < -0.39 is 13.1 Å². The van der Waals surface area contributed by atoms with Crippen molar-refractivity contribution in [3.05, 3.63) is 16.1 Å². The minimum Gasteiger partial charge on any atom is -0.465 e. The number of aromatic nitrogens is 1. The van der Waals surface area contributed by atoms with Crippen molar-refractivity contribution >= 4 is 24.4 Å². The largest absolute Gasteiger partial charge is 0.465 e. The van der Waals surface area contributed by atoms with Crippen molar-refractivity contribution in [3.63, 3.8) is 0 Å². The molecular weight excluding hydrogens is 221 g/mol. The summed E-state index contributed by atoms with van der Waals surface area (Å²) in [6.45, 7) is 3.40. The summed E-state index contributed by atoms with van der Waals surface area (Å²) in [6.07, 6.45) is 1.90. The Morgan fingerprint density at radius 1 is 1.64 bits per heavy atom. The van der Waals surface area contributed by atoms with Crippen molar-refractivity contribution in [2.75, 3.05) is 20.4 Å². The molecule has 0 aliphatic carbocycles. The molecule has 14 heavy (non-hydrogen) atoms. The number of carbonyl (C=O) groups excluding carboxylic acids is 1. The summed E-state index contributed by atoms with van der Waals surface area (Å²) >= 11 is 1.23. The van der Waals surface area contributed by atoms with Crippen LogP contribution in [-0.4, -0.2) is 31.4 Å². The van der Waals surface area contributed by atoms with Crippen LogP contribution in [0.1, 0.15) is 14.7 Å². The predicted molar refractivity (Wildman–Crippen MR) is 56.6 cm³/mol. The number of nitrogens with zero attached hydrogens (tertiary/aromatic N) is 1. The fraction of sp³-hybridized carbons (Fsp3) is 0.500. The third-order valence-electron chi connectivity index (χ3n) is 1.46. The number of carbonyl (C=O) groups is 1. The van der Waals surface area contributed by atoms with Crippen LogP contribution >= 0.6 is 18.5 Å². The maximum absolute atomic E-state index is 11.5. The Morgan fingerprint density at radius 3 is 2.79 bits per heavy atom. The van der Waals surface area contributed by atoms with Crippen molar-refractivity contribution in [2.24, 2.45) is 0 Å². The Morgan fingerprint density at radius 2 is 2.29 bits per heavy atom. The van der Waals surface area contributed by atoms with Crippen LogP contribution in [0, 0.1) is 0 Å². The highest BCUT2D eigenvalue weighted by Gasteiger charge is 2.15. The summed E-state index contributed by atoms with van der Waals surface area (Å²) in [4.78, 5) is 15.5. The molecule has 0 saturated heterocycles. The Labute approximate surface area is 86.7 Å². The summed E-state index contributed by atoms with van der Waals surface area (Å²) in [5.74, 6) is -0.393. The summed E-state index contributed by atoms with van der Waals surface area (Å²) in [6, 6.07) is 0. The topological polar surface area (TPSA) is 56.3 Å². The van der Waals surface area contributed by atoms with Gasteiger partial charge in [-0.25, -0.2) is 9.78 Å². The summed E-state index contributed by atoms with van der Waals surface area (Å²) in [5.41, 5.74) is 0. The number of hydrogen-bond acceptors (Lipinski definition) is 5. The van der Waals surface area contributed by atoms with Crippen LogP contribution in [-0.2, 0) is 15.5 Å². The van der Waals surface area contributed by atoms with Gasteiger partial charge in [-0.2, -0.15) is 0 Å². The van der Waals surface area contributed by atoms with Crippen LogP contribution in [0.2, 0.25) is 0 Å². The third kappa shape index (κ3) is 3.24. The van der Waals surface area contributed by atoms with Gasteiger partial charge in [0.1, 0.15) is 9.88 Å². The maximum Gasteiger partial charge on any atom is 0.349 e. The van der Waals surface area contributed by atoms with Crippen LogP contribution in [0.15, 0.2) is 6.20 Å². The number of methoxy groups -OCH3 is 1. The molecule has 4 nitrogen and oxygen atoms in total. The molecule has 1 heterocycles. The zero-order valence-electron chi connectivity index (χ0n) is 8.31. The highest BCUT2D eigenvalue weighted by molar-refractivity contribution is 7.61. The van der Waals surface area contributed by atoms with Crippen molar-refractivity contribution in [1.29, 1.82) is 0 Å². The molecule has 0 aliphatic rings. The maximum atomic E-state index is 11.5. The first-order valence-electron chi connectivity index (χ1n) is 3.99. The lowest BCUT2D eigenvalue weighted by Gasteiger charge is -2.01. The molecule has 6 heteroatoms. The lowest BCUT2D eigenvalue weighted by atomic mass is 10.6. The average Bonchev–Trinajstić information content (AvgIpc) is 2.48. The molecule has 0 atom stereocenters. The summed E-state index contributed by atoms with van der Waals surface area (Å²) in [5, 5.41) is 0.721. The van der Waals surface area contributed by atoms with E-state index in [2.05, 4.69) is 9.72 Å². The molecule has 0 aromatic carbocycles. The molecule has 1 aromatic heterocycles. The molecule has 0 amide bonds. The van der Waals surface area contributed by atoms with E-state index in [1.807, 2.05) is 0 Å². The molecule has 0 N–H and O–H groups in total. The highest BCUT2D eigenvalue weighted by Crippen LogP contribution is 2.41. The monoisotopic (exact) mass is 233 g/mol. The van der Waals surface area contributed by atoms with Crippen LogP contribution in [0.4, 0.5) is 0 Å². The van der Waals surface area contributed by atoms with E-state index >= 15 is 0 Å². The Kier molecular flexibility index (Phi) is 3.45. The predicted octanol–water partition coefficient (Wildman–Crippen LogP) is 2.05. The van der Waals surface area contributed by atoms with Crippen molar-refractivity contribution in [1.82, 2.24) is 4.98 Å². The Bertz CT molecular complexity index is 382. The van der Waals surface area contributed by atoms with E-state index in [0.29, 0.717) is 11.0 Å². The van der Waals surface area contributed by atoms with E-state index in [-0.39, 0.29) is 0 Å². The molecule has 0 unspecified atom stereocenters. The van der Waals surface area contributed by atoms with E-state index in [1.54, 1.807) is 13.3 Å². The Hall–Kier alpha value is -0.670. The van der Waals surface area contributed by atoms with Crippen molar-refractivity contribution in [3.8, 4) is 0 Å². The van der Waals surface area contributed by atoms with Gasteiger partial charge < -0.3 is 9.30 Å². The summed E-state index contributed by atoms with van der Waals surface area (Å²) < 4.78 is 16.0. The van der Waals surface area contributed by atoms with Gasteiger partial charge in [0.15, 0.2) is 0 Å². The van der Waals surface area contributed by atoms with E-state index in [1.165, 1.54) is 24.6 Å².